The number of carboxylic acid groups (broad SMARTS) is 1. The van der Waals surface area contributed by atoms with Gasteiger partial charge < -0.3 is 10.2 Å². The molecule has 0 aliphatic heterocycles. The highest BCUT2D eigenvalue weighted by Crippen LogP contribution is 2.31. The highest BCUT2D eigenvalue weighted by molar-refractivity contribution is 14.1. The number of phenolic OH excluding ortho intramolecular Hbond substituents is 1. The van der Waals surface area contributed by atoms with Crippen molar-refractivity contribution in [3.05, 3.63) is 59.0 Å². The fraction of sp³-hybridized carbons (Fsp3) is 0. The SMILES string of the molecule is O=C(O)/C(=C/c1cc(I)c(O)c(I)c1)Sc1n[nH]c(-c2ccc(Cl)cc2)n1. The largest absolute Gasteiger partial charge is 0.506 e. The monoisotopic (exact) mass is 625 g/mol. The first-order valence-electron chi connectivity index (χ1n) is 7.32. The van der Waals surface area contributed by atoms with E-state index in [0.29, 0.717) is 23.6 Å². The van der Waals surface area contributed by atoms with Crippen molar-refractivity contribution in [3.63, 3.8) is 0 Å². The number of aliphatic carboxylic acids is 1. The molecule has 0 bridgehead atoms. The lowest BCUT2D eigenvalue weighted by Crippen LogP contribution is -1.97. The lowest BCUT2D eigenvalue weighted by molar-refractivity contribution is -0.131. The molecule has 3 aromatic rings. The molecule has 6 nitrogen and oxygen atoms in total. The van der Waals surface area contributed by atoms with E-state index in [0.717, 1.165) is 17.3 Å². The quantitative estimate of drug-likeness (QED) is 0.203. The predicted molar refractivity (Wildman–Crippen MR) is 122 cm³/mol. The van der Waals surface area contributed by atoms with Gasteiger partial charge >= 0.3 is 5.97 Å². The minimum absolute atomic E-state index is 0.0638. The molecular weight excluding hydrogens is 616 g/mol. The number of carboxylic acids is 1. The van der Waals surface area contributed by atoms with E-state index in [9.17, 15) is 15.0 Å². The molecular formula is C17H10ClI2N3O3S. The first-order chi connectivity index (χ1) is 12.8. The van der Waals surface area contributed by atoms with Gasteiger partial charge in [-0.15, -0.1) is 5.10 Å². The number of H-pyrrole nitrogens is 1. The van der Waals surface area contributed by atoms with Gasteiger partial charge in [0.2, 0.25) is 5.16 Å². The number of benzene rings is 2. The second kappa shape index (κ2) is 8.80. The molecule has 0 aliphatic carbocycles. The first-order valence-corrected chi connectivity index (χ1v) is 10.7. The lowest BCUT2D eigenvalue weighted by atomic mass is 10.2. The number of carbonyl (C=O) groups is 1. The molecule has 0 saturated carbocycles. The number of aromatic nitrogens is 3. The van der Waals surface area contributed by atoms with Crippen molar-refractivity contribution < 1.29 is 15.0 Å². The summed E-state index contributed by atoms with van der Waals surface area (Å²) >= 11 is 10.8. The maximum atomic E-state index is 11.6. The number of phenols is 1. The summed E-state index contributed by atoms with van der Waals surface area (Å²) in [4.78, 5) is 16.0. The van der Waals surface area contributed by atoms with Gasteiger partial charge in [-0.05, 0) is 105 Å². The van der Waals surface area contributed by atoms with E-state index in [-0.39, 0.29) is 15.8 Å². The Kier molecular flexibility index (Phi) is 6.65. The summed E-state index contributed by atoms with van der Waals surface area (Å²) in [6.07, 6.45) is 1.52. The van der Waals surface area contributed by atoms with Crippen molar-refractivity contribution in [2.75, 3.05) is 0 Å². The Hall–Kier alpha value is -1.31. The van der Waals surface area contributed by atoms with Crippen LogP contribution in [-0.2, 0) is 4.79 Å². The summed E-state index contributed by atoms with van der Waals surface area (Å²) in [6.45, 7) is 0. The van der Waals surface area contributed by atoms with E-state index in [1.54, 1.807) is 36.4 Å². The normalized spacial score (nSPS) is 11.6. The van der Waals surface area contributed by atoms with Crippen LogP contribution in [0, 0.1) is 7.14 Å². The summed E-state index contributed by atoms with van der Waals surface area (Å²) in [5.41, 5.74) is 1.46. The van der Waals surface area contributed by atoms with Crippen LogP contribution in [0.2, 0.25) is 5.02 Å². The van der Waals surface area contributed by atoms with Crippen LogP contribution >= 0.6 is 68.5 Å². The van der Waals surface area contributed by atoms with Gasteiger partial charge in [0.1, 0.15) is 10.7 Å². The van der Waals surface area contributed by atoms with Gasteiger partial charge in [0, 0.05) is 10.6 Å². The predicted octanol–water partition coefficient (Wildman–Crippen LogP) is 5.26. The Labute approximate surface area is 190 Å². The maximum Gasteiger partial charge on any atom is 0.342 e. The molecule has 1 aromatic heterocycles. The molecule has 0 unspecified atom stereocenters. The number of hydrogen-bond acceptors (Lipinski definition) is 5. The molecule has 0 fully saturated rings. The molecule has 0 radical (unpaired) electrons. The van der Waals surface area contributed by atoms with E-state index < -0.39 is 5.97 Å². The van der Waals surface area contributed by atoms with Crippen LogP contribution in [0.5, 0.6) is 5.75 Å². The Morgan fingerprint density at radius 3 is 2.41 bits per heavy atom. The van der Waals surface area contributed by atoms with Gasteiger partial charge in [0.25, 0.3) is 0 Å². The Morgan fingerprint density at radius 1 is 1.19 bits per heavy atom. The third-order valence-electron chi connectivity index (χ3n) is 3.33. The maximum absolute atomic E-state index is 11.6. The number of nitrogens with zero attached hydrogens (tertiary/aromatic N) is 2. The van der Waals surface area contributed by atoms with Gasteiger partial charge in [0.15, 0.2) is 5.82 Å². The van der Waals surface area contributed by atoms with E-state index in [4.69, 9.17) is 11.6 Å². The summed E-state index contributed by atoms with van der Waals surface area (Å²) in [6, 6.07) is 10.5. The second-order valence-corrected chi connectivity index (χ2v) is 8.99. The summed E-state index contributed by atoms with van der Waals surface area (Å²) in [7, 11) is 0. The van der Waals surface area contributed by atoms with Gasteiger partial charge in [-0.1, -0.05) is 11.6 Å². The fourth-order valence-corrected chi connectivity index (χ4v) is 4.73. The molecule has 0 amide bonds. The Balaban J connectivity index is 1.87. The zero-order valence-electron chi connectivity index (χ0n) is 13.3. The summed E-state index contributed by atoms with van der Waals surface area (Å²) < 4.78 is 1.28. The van der Waals surface area contributed by atoms with E-state index in [2.05, 4.69) is 15.2 Å². The Morgan fingerprint density at radius 2 is 1.81 bits per heavy atom. The number of hydrogen-bond donors (Lipinski definition) is 3. The summed E-state index contributed by atoms with van der Waals surface area (Å²) in [5, 5.41) is 27.1. The molecule has 3 N–H and O–H groups in total. The molecule has 2 aromatic carbocycles. The van der Waals surface area contributed by atoms with E-state index >= 15 is 0 Å². The molecule has 0 atom stereocenters. The third-order valence-corrected chi connectivity index (χ3v) is 6.11. The lowest BCUT2D eigenvalue weighted by Gasteiger charge is -2.04. The minimum Gasteiger partial charge on any atom is -0.506 e. The average Bonchev–Trinajstić information content (AvgIpc) is 3.08. The highest BCUT2D eigenvalue weighted by Gasteiger charge is 2.15. The third kappa shape index (κ3) is 5.15. The fourth-order valence-electron chi connectivity index (χ4n) is 2.08. The zero-order valence-corrected chi connectivity index (χ0v) is 19.2. The van der Waals surface area contributed by atoms with Gasteiger partial charge in [0.05, 0.1) is 7.14 Å². The van der Waals surface area contributed by atoms with Crippen LogP contribution in [0.3, 0.4) is 0 Å². The van der Waals surface area contributed by atoms with Crippen LogP contribution in [0.1, 0.15) is 5.56 Å². The molecule has 0 saturated heterocycles. The highest BCUT2D eigenvalue weighted by atomic mass is 127. The smallest absolute Gasteiger partial charge is 0.342 e. The van der Waals surface area contributed by atoms with Gasteiger partial charge in [-0.25, -0.2) is 9.78 Å². The van der Waals surface area contributed by atoms with Crippen molar-refractivity contribution in [2.24, 2.45) is 0 Å². The Bertz CT molecular complexity index is 1020. The zero-order chi connectivity index (χ0) is 19.6. The second-order valence-electron chi connectivity index (χ2n) is 5.22. The standard InChI is InChI=1S/C17H10ClI2N3O3S/c18-10-3-1-9(2-4-10)15-21-17(23-22-15)27-13(16(25)26)7-8-5-11(19)14(24)12(20)6-8/h1-7,24H,(H,25,26)(H,21,22,23)/b13-7-. The van der Waals surface area contributed by atoms with Crippen LogP contribution in [0.25, 0.3) is 17.5 Å². The van der Waals surface area contributed by atoms with Crippen molar-refractivity contribution in [3.8, 4) is 17.1 Å². The topological polar surface area (TPSA) is 99.1 Å². The van der Waals surface area contributed by atoms with E-state index in [1.165, 1.54) is 6.08 Å². The van der Waals surface area contributed by atoms with Crippen molar-refractivity contribution in [1.82, 2.24) is 15.2 Å². The number of rotatable bonds is 5. The van der Waals surface area contributed by atoms with Gasteiger partial charge in [-0.3, -0.25) is 5.10 Å². The first kappa shape index (κ1) is 20.4. The number of aromatic amines is 1. The van der Waals surface area contributed by atoms with Crippen molar-refractivity contribution in [1.29, 1.82) is 0 Å². The number of halogens is 3. The van der Waals surface area contributed by atoms with Gasteiger partial charge in [-0.2, -0.15) is 0 Å². The number of nitrogens with one attached hydrogen (secondary N) is 1. The van der Waals surface area contributed by atoms with Crippen LogP contribution in [0.4, 0.5) is 0 Å². The molecule has 3 rings (SSSR count). The van der Waals surface area contributed by atoms with Crippen molar-refractivity contribution in [2.45, 2.75) is 5.16 Å². The van der Waals surface area contributed by atoms with Crippen LogP contribution in [-0.4, -0.2) is 31.4 Å². The molecule has 0 spiro atoms. The molecule has 27 heavy (non-hydrogen) atoms. The molecule has 10 heteroatoms. The average molecular weight is 626 g/mol. The molecule has 138 valence electrons. The molecule has 1 heterocycles. The summed E-state index contributed by atoms with van der Waals surface area (Å²) in [5.74, 6) is -0.386. The van der Waals surface area contributed by atoms with Crippen LogP contribution in [0.15, 0.2) is 46.5 Å². The van der Waals surface area contributed by atoms with E-state index in [1.807, 2.05) is 45.2 Å². The van der Waals surface area contributed by atoms with Crippen LogP contribution < -0.4 is 0 Å². The molecule has 0 aliphatic rings. The number of aromatic hydroxyl groups is 1. The minimum atomic E-state index is -1.09. The van der Waals surface area contributed by atoms with Crippen molar-refractivity contribution >= 4 is 80.6 Å². The number of thioether (sulfide) groups is 1.